The molecule has 0 radical (unpaired) electrons. The first-order valence-electron chi connectivity index (χ1n) is 39.3. The summed E-state index contributed by atoms with van der Waals surface area (Å²) in [7, 11) is -8.85. The Labute approximate surface area is 708 Å². The summed E-state index contributed by atoms with van der Waals surface area (Å²) in [6, 6.07) is 45.9. The van der Waals surface area contributed by atoms with E-state index in [1.54, 1.807) is 50.6 Å². The fourth-order valence-electron chi connectivity index (χ4n) is 14.4. The van der Waals surface area contributed by atoms with E-state index in [-0.39, 0.29) is 95.2 Å². The van der Waals surface area contributed by atoms with Gasteiger partial charge in [-0.1, -0.05) is 302 Å². The smallest absolute Gasteiger partial charge is 0.358 e. The SMILES string of the molecule is C1CCCC1.C1CCCC1.CC(C)C1C(C)CCC1P(c1ccccc1)c1ccccc1.CC(C)C1CCCC1P(C)C(C)C.CP(c1nc2ccccc2nc1P(C)(C)=O)C(C)(C)C.CP(c1nc2ccccc2nc1P(C)(C)=O)C(C)(C)C.CP(c1nc2ccccc2nc1P(C)(C)=O)C(C)(C)C.[CH3-].[CH3-].[CH3-].[CH3-].[Fe+2].[Fe+2]. The first-order chi connectivity index (χ1) is 49.0. The van der Waals surface area contributed by atoms with Gasteiger partial charge in [0, 0.05) is 0 Å². The van der Waals surface area contributed by atoms with Crippen molar-refractivity contribution in [2.45, 2.75) is 240 Å². The summed E-state index contributed by atoms with van der Waals surface area (Å²) in [6.07, 6.45) is 22.3. The molecule has 19 heteroatoms. The van der Waals surface area contributed by atoms with E-state index in [1.165, 1.54) is 96.3 Å². The molecule has 0 saturated heterocycles. The van der Waals surface area contributed by atoms with Crippen LogP contribution >= 0.6 is 61.0 Å². The minimum Gasteiger partial charge on any atom is -0.358 e. The summed E-state index contributed by atoms with van der Waals surface area (Å²) in [4.78, 5) is 28.4. The topological polar surface area (TPSA) is 129 Å². The number of fused-ring (bicyclic) bond motifs is 3. The molecule has 0 N–H and O–H groups in total. The number of benzene rings is 5. The van der Waals surface area contributed by atoms with Gasteiger partial charge in [0.15, 0.2) is 0 Å². The zero-order chi connectivity index (χ0) is 78.0. The Hall–Kier alpha value is -2.00. The van der Waals surface area contributed by atoms with Crippen LogP contribution in [-0.2, 0) is 47.8 Å². The van der Waals surface area contributed by atoms with E-state index in [1.807, 2.05) is 72.8 Å². The van der Waals surface area contributed by atoms with E-state index in [4.69, 9.17) is 15.0 Å². The Morgan fingerprint density at radius 3 is 0.847 bits per heavy atom. The molecule has 0 spiro atoms. The normalized spacial score (nSPS) is 18.7. The van der Waals surface area contributed by atoms with E-state index in [0.717, 1.165) is 96.0 Å². The van der Waals surface area contributed by atoms with Gasteiger partial charge < -0.3 is 43.4 Å². The third-order valence-electron chi connectivity index (χ3n) is 21.5. The molecule has 9 unspecified atom stereocenters. The molecule has 12 rings (SSSR count). The molecule has 9 atom stereocenters. The van der Waals surface area contributed by atoms with Crippen molar-refractivity contribution in [2.24, 2.45) is 29.6 Å². The van der Waals surface area contributed by atoms with Gasteiger partial charge in [0.1, 0.15) is 37.7 Å². The fraction of sp³-hybridized carbons (Fsp3) is 0.565. The Kier molecular flexibility index (Phi) is 48.6. The van der Waals surface area contributed by atoms with E-state index in [2.05, 4.69) is 213 Å². The molecule has 0 aliphatic heterocycles. The zero-order valence-corrected chi connectivity index (χ0v) is 84.0. The predicted molar refractivity (Wildman–Crippen MR) is 508 cm³/mol. The Morgan fingerprint density at radius 1 is 0.351 bits per heavy atom. The molecule has 0 amide bonds. The minimum absolute atomic E-state index is 0. The monoisotopic (exact) mass is 1750 g/mol. The van der Waals surface area contributed by atoms with Crippen LogP contribution in [0.5, 0.6) is 0 Å². The quantitative estimate of drug-likeness (QED) is 0.0629. The Balaban J connectivity index is 0.00000131. The van der Waals surface area contributed by atoms with Crippen molar-refractivity contribution in [3.8, 4) is 0 Å². The Morgan fingerprint density at radius 2 is 0.613 bits per heavy atom. The summed E-state index contributed by atoms with van der Waals surface area (Å²) in [5.41, 5.74) is 12.9. The van der Waals surface area contributed by atoms with Gasteiger partial charge in [-0.05, 0) is 209 Å². The molecule has 3 heterocycles. The molecule has 4 fully saturated rings. The van der Waals surface area contributed by atoms with Crippen LogP contribution in [-0.4, -0.2) is 129 Å². The van der Waals surface area contributed by atoms with Crippen LogP contribution in [0, 0.1) is 59.3 Å². The Bertz CT molecular complexity index is 3770. The molecule has 4 aliphatic carbocycles. The molecular weight excluding hydrogens is 1600 g/mol. The van der Waals surface area contributed by atoms with Gasteiger partial charge in [0.05, 0.1) is 49.4 Å². The van der Waals surface area contributed by atoms with Crippen molar-refractivity contribution in [1.29, 1.82) is 0 Å². The van der Waals surface area contributed by atoms with Crippen molar-refractivity contribution in [3.05, 3.63) is 163 Å². The van der Waals surface area contributed by atoms with Crippen LogP contribution in [0.25, 0.3) is 33.1 Å². The summed E-state index contributed by atoms with van der Waals surface area (Å²) in [6.45, 7) is 56.6. The number of hydrogen-bond acceptors (Lipinski definition) is 9. The van der Waals surface area contributed by atoms with Gasteiger partial charge in [-0.25, -0.2) is 29.9 Å². The average Bonchev–Trinajstić information content (AvgIpc) is 1.27. The summed E-state index contributed by atoms with van der Waals surface area (Å²) in [5, 5.41) is 3.46. The van der Waals surface area contributed by atoms with Gasteiger partial charge in [-0.3, -0.25) is 0 Å². The summed E-state index contributed by atoms with van der Waals surface area (Å²) in [5.74, 6) is 4.45. The summed E-state index contributed by atoms with van der Waals surface area (Å²) < 4.78 is 37.9. The molecule has 4 saturated carbocycles. The van der Waals surface area contributed by atoms with Gasteiger partial charge in [-0.2, -0.15) is 0 Å². The second kappa shape index (κ2) is 49.5. The van der Waals surface area contributed by atoms with E-state index >= 15 is 0 Å². The predicted octanol–water partition coefficient (Wildman–Crippen LogP) is 25.5. The third-order valence-corrected chi connectivity index (χ3v) is 41.2. The largest absolute Gasteiger partial charge is 2.00 e. The van der Waals surface area contributed by atoms with Crippen LogP contribution < -0.4 is 43.2 Å². The molecule has 0 bridgehead atoms. The van der Waals surface area contributed by atoms with Crippen LogP contribution in [0.4, 0.5) is 0 Å². The molecule has 8 aromatic rings. The molecule has 3 aromatic heterocycles. The summed E-state index contributed by atoms with van der Waals surface area (Å²) >= 11 is 0. The minimum atomic E-state index is -2.44. The van der Waals surface area contributed by atoms with E-state index in [9.17, 15) is 13.7 Å². The van der Waals surface area contributed by atoms with E-state index in [0.29, 0.717) is 16.3 Å². The molecule has 9 nitrogen and oxygen atoms in total. The molecule has 622 valence electrons. The fourth-order valence-corrected chi connectivity index (χ4v) is 30.1. The van der Waals surface area contributed by atoms with Crippen molar-refractivity contribution in [3.63, 3.8) is 0 Å². The van der Waals surface area contributed by atoms with Crippen LogP contribution in [0.1, 0.15) is 207 Å². The first kappa shape index (κ1) is 109. The third kappa shape index (κ3) is 32.9. The zero-order valence-electron chi connectivity index (χ0n) is 74.6. The van der Waals surface area contributed by atoms with Gasteiger partial charge in [0.25, 0.3) is 0 Å². The standard InChI is InChI=1S/C21H27P.3C15H22N2OP2.C12H25P.2C5H10.4CH3.2Fe/c1-16(2)21-17(3)14-15-20(21)22(18-10-6-4-7-11-18)19-12-8-5-9-13-19;3*1-15(2,3)19(4)13-14(20(5,6)18)17-12-10-8-7-9-11(12)16-13;1-9(2)11-7-6-8-12(11)13(5)10(3)4;2*1-2-4-5-3-1;;;;;;/h4-13,16-17,20-21H,14-15H2,1-3H3;3*7-10H,1-6H3;9-12H,6-8H2,1-5H3;2*1-5H2;4*1H3;;/q;;;;;;;4*-1;2*+2. The number of para-hydroxylation sites is 6. The number of hydrogen-bond donors (Lipinski definition) is 0. The molecule has 111 heavy (non-hydrogen) atoms. The van der Waals surface area contributed by atoms with Crippen LogP contribution in [0.3, 0.4) is 0 Å². The maximum Gasteiger partial charge on any atom is 2.00 e. The van der Waals surface area contributed by atoms with Crippen molar-refractivity contribution >= 4 is 137 Å². The molecule has 4 aliphatic rings. The maximum atomic E-state index is 12.6. The second-order valence-electron chi connectivity index (χ2n) is 35.0. The molecule has 5 aromatic carbocycles. The number of rotatable bonds is 13. The maximum absolute atomic E-state index is 12.6. The second-order valence-corrected chi connectivity index (χ2v) is 58.5. The average molecular weight is 1750 g/mol. The number of nitrogens with zero attached hydrogens (tertiary/aromatic N) is 6. The number of aromatic nitrogens is 6. The van der Waals surface area contributed by atoms with Crippen molar-refractivity contribution < 1.29 is 47.8 Å². The van der Waals surface area contributed by atoms with Crippen LogP contribution in [0.2, 0.25) is 0 Å². The van der Waals surface area contributed by atoms with E-state index < -0.39 is 45.2 Å². The van der Waals surface area contributed by atoms with Crippen molar-refractivity contribution in [1.82, 2.24) is 29.9 Å². The van der Waals surface area contributed by atoms with Gasteiger partial charge >= 0.3 is 34.1 Å². The van der Waals surface area contributed by atoms with Crippen molar-refractivity contribution in [2.75, 3.05) is 66.6 Å². The van der Waals surface area contributed by atoms with Gasteiger partial charge in [0.2, 0.25) is 0 Å². The van der Waals surface area contributed by atoms with Crippen LogP contribution in [0.15, 0.2) is 133 Å². The molecular formula is C92H150Fe2N6O3P8. The van der Waals surface area contributed by atoms with Gasteiger partial charge in [-0.15, -0.1) is 7.92 Å². The first-order valence-corrected chi connectivity index (χ1v) is 55.8.